The summed E-state index contributed by atoms with van der Waals surface area (Å²) in [5, 5.41) is 3.27. The second kappa shape index (κ2) is 5.16. The van der Waals surface area contributed by atoms with Crippen LogP contribution in [0.4, 0.5) is 5.82 Å². The van der Waals surface area contributed by atoms with Gasteiger partial charge >= 0.3 is 0 Å². The van der Waals surface area contributed by atoms with Crippen LogP contribution in [0.1, 0.15) is 12.8 Å². The lowest BCUT2D eigenvalue weighted by Crippen LogP contribution is -2.50. The second-order valence-electron chi connectivity index (χ2n) is 4.12. The van der Waals surface area contributed by atoms with Crippen LogP contribution in [0.25, 0.3) is 0 Å². The number of nitrogens with one attached hydrogen (secondary N) is 2. The van der Waals surface area contributed by atoms with E-state index < -0.39 is 0 Å². The minimum absolute atomic E-state index is 0.207. The highest BCUT2D eigenvalue weighted by Gasteiger charge is 2.32. The lowest BCUT2D eigenvalue weighted by Gasteiger charge is -2.37. The number of hydrogen-bond acceptors (Lipinski definition) is 5. The molecule has 6 nitrogen and oxygen atoms in total. The van der Waals surface area contributed by atoms with Gasteiger partial charge in [-0.2, -0.15) is 0 Å². The van der Waals surface area contributed by atoms with Crippen LogP contribution in [0.15, 0.2) is 15.6 Å². The lowest BCUT2D eigenvalue weighted by atomic mass is 9.90. The van der Waals surface area contributed by atoms with Gasteiger partial charge in [0.15, 0.2) is 0 Å². The quantitative estimate of drug-likeness (QED) is 0.754. The van der Waals surface area contributed by atoms with Gasteiger partial charge < -0.3 is 20.8 Å². The third-order valence-electron chi connectivity index (χ3n) is 3.02. The van der Waals surface area contributed by atoms with Crippen LogP contribution in [0.2, 0.25) is 0 Å². The molecule has 1 fully saturated rings. The molecule has 1 aliphatic rings. The molecule has 1 aromatic heterocycles. The standard InChI is InChI=1S/C10H15BrN4O2/c11-7-8(13-6-14-9(7)16)15-10(5-12)1-3-17-4-2-10/h6H,1-5,12H2,(H2,13,14,15,16). The number of anilines is 1. The predicted octanol–water partition coefficient (Wildman–Crippen LogP) is 0.452. The molecule has 4 N–H and O–H groups in total. The van der Waals surface area contributed by atoms with Crippen LogP contribution in [0.5, 0.6) is 0 Å². The Balaban J connectivity index is 2.23. The fraction of sp³-hybridized carbons (Fsp3) is 0.600. The first-order valence-corrected chi connectivity index (χ1v) is 6.25. The molecular formula is C10H15BrN4O2. The van der Waals surface area contributed by atoms with Gasteiger partial charge in [0.2, 0.25) is 0 Å². The number of halogens is 1. The van der Waals surface area contributed by atoms with E-state index in [-0.39, 0.29) is 11.1 Å². The fourth-order valence-corrected chi connectivity index (χ4v) is 2.18. The summed E-state index contributed by atoms with van der Waals surface area (Å²) >= 11 is 3.22. The van der Waals surface area contributed by atoms with Crippen LogP contribution in [-0.4, -0.2) is 35.3 Å². The molecule has 0 unspecified atom stereocenters. The van der Waals surface area contributed by atoms with E-state index in [1.54, 1.807) is 0 Å². The molecule has 17 heavy (non-hydrogen) atoms. The van der Waals surface area contributed by atoms with Crippen LogP contribution in [0, 0.1) is 0 Å². The van der Waals surface area contributed by atoms with E-state index >= 15 is 0 Å². The third-order valence-corrected chi connectivity index (χ3v) is 3.76. The van der Waals surface area contributed by atoms with Crippen molar-refractivity contribution in [1.82, 2.24) is 9.97 Å². The summed E-state index contributed by atoms with van der Waals surface area (Å²) in [6.07, 6.45) is 2.99. The summed E-state index contributed by atoms with van der Waals surface area (Å²) in [6, 6.07) is 0. The molecular weight excluding hydrogens is 288 g/mol. The number of H-pyrrole nitrogens is 1. The fourth-order valence-electron chi connectivity index (χ4n) is 1.86. The zero-order chi connectivity index (χ0) is 12.3. The van der Waals surface area contributed by atoms with Gasteiger partial charge in [-0.15, -0.1) is 0 Å². The Morgan fingerprint density at radius 3 is 2.94 bits per heavy atom. The maximum Gasteiger partial charge on any atom is 0.267 e. The number of aromatic nitrogens is 2. The second-order valence-corrected chi connectivity index (χ2v) is 4.91. The highest BCUT2D eigenvalue weighted by molar-refractivity contribution is 9.10. The van der Waals surface area contributed by atoms with E-state index in [0.717, 1.165) is 12.8 Å². The summed E-state index contributed by atoms with van der Waals surface area (Å²) in [6.45, 7) is 1.83. The summed E-state index contributed by atoms with van der Waals surface area (Å²) in [5.41, 5.74) is 5.39. The van der Waals surface area contributed by atoms with Crippen LogP contribution in [0.3, 0.4) is 0 Å². The number of nitrogens with two attached hydrogens (primary N) is 1. The van der Waals surface area contributed by atoms with E-state index in [2.05, 4.69) is 31.2 Å². The molecule has 0 spiro atoms. The predicted molar refractivity (Wildman–Crippen MR) is 68.0 cm³/mol. The maximum atomic E-state index is 11.4. The molecule has 7 heteroatoms. The number of hydrogen-bond donors (Lipinski definition) is 3. The molecule has 0 atom stereocenters. The molecule has 2 rings (SSSR count). The van der Waals surface area contributed by atoms with Gasteiger partial charge in [0.05, 0.1) is 11.9 Å². The molecule has 1 saturated heterocycles. The van der Waals surface area contributed by atoms with Crippen molar-refractivity contribution in [2.24, 2.45) is 5.73 Å². The first-order valence-electron chi connectivity index (χ1n) is 5.46. The van der Waals surface area contributed by atoms with Crippen LogP contribution < -0.4 is 16.6 Å². The minimum atomic E-state index is -0.235. The van der Waals surface area contributed by atoms with Crippen LogP contribution >= 0.6 is 15.9 Å². The Hall–Kier alpha value is -0.920. The van der Waals surface area contributed by atoms with Crippen molar-refractivity contribution in [2.75, 3.05) is 25.1 Å². The molecule has 0 radical (unpaired) electrons. The van der Waals surface area contributed by atoms with E-state index in [0.29, 0.717) is 30.0 Å². The first-order chi connectivity index (χ1) is 8.17. The molecule has 2 heterocycles. The molecule has 0 aliphatic carbocycles. The van der Waals surface area contributed by atoms with Crippen molar-refractivity contribution in [3.8, 4) is 0 Å². The Bertz CT molecular complexity index is 442. The molecule has 1 aromatic rings. The largest absolute Gasteiger partial charge is 0.381 e. The lowest BCUT2D eigenvalue weighted by molar-refractivity contribution is 0.0626. The monoisotopic (exact) mass is 302 g/mol. The van der Waals surface area contributed by atoms with E-state index in [9.17, 15) is 4.79 Å². The van der Waals surface area contributed by atoms with Crippen LogP contribution in [-0.2, 0) is 4.74 Å². The van der Waals surface area contributed by atoms with E-state index in [4.69, 9.17) is 10.5 Å². The Morgan fingerprint density at radius 2 is 2.29 bits per heavy atom. The zero-order valence-electron chi connectivity index (χ0n) is 9.33. The Morgan fingerprint density at radius 1 is 1.59 bits per heavy atom. The highest BCUT2D eigenvalue weighted by Crippen LogP contribution is 2.26. The number of ether oxygens (including phenoxy) is 1. The normalized spacial score (nSPS) is 18.9. The molecule has 1 aliphatic heterocycles. The Labute approximate surface area is 107 Å². The number of nitrogens with zero attached hydrogens (tertiary/aromatic N) is 1. The molecule has 0 saturated carbocycles. The van der Waals surface area contributed by atoms with E-state index in [1.807, 2.05) is 0 Å². The number of rotatable bonds is 3. The van der Waals surface area contributed by atoms with Crippen molar-refractivity contribution in [2.45, 2.75) is 18.4 Å². The van der Waals surface area contributed by atoms with Crippen molar-refractivity contribution in [3.63, 3.8) is 0 Å². The Kier molecular flexibility index (Phi) is 3.80. The molecule has 0 bridgehead atoms. The average Bonchev–Trinajstić information content (AvgIpc) is 2.36. The summed E-state index contributed by atoms with van der Waals surface area (Å²) < 4.78 is 5.72. The van der Waals surface area contributed by atoms with Gasteiger partial charge in [-0.25, -0.2) is 4.98 Å². The van der Waals surface area contributed by atoms with E-state index in [1.165, 1.54) is 6.33 Å². The molecule has 94 valence electrons. The SMILES string of the molecule is NCC1(Nc2nc[nH]c(=O)c2Br)CCOCC1. The van der Waals surface area contributed by atoms with Gasteiger partial charge in [0.25, 0.3) is 5.56 Å². The number of aromatic amines is 1. The van der Waals surface area contributed by atoms with Crippen molar-refractivity contribution in [1.29, 1.82) is 0 Å². The van der Waals surface area contributed by atoms with Crippen molar-refractivity contribution >= 4 is 21.7 Å². The summed E-state index contributed by atoms with van der Waals surface area (Å²) in [5.74, 6) is 0.529. The third kappa shape index (κ3) is 2.67. The van der Waals surface area contributed by atoms with Crippen molar-refractivity contribution in [3.05, 3.63) is 21.2 Å². The van der Waals surface area contributed by atoms with Gasteiger partial charge in [0.1, 0.15) is 10.3 Å². The summed E-state index contributed by atoms with van der Waals surface area (Å²) in [4.78, 5) is 18.1. The zero-order valence-corrected chi connectivity index (χ0v) is 10.9. The van der Waals surface area contributed by atoms with Crippen molar-refractivity contribution < 1.29 is 4.74 Å². The first kappa shape index (κ1) is 12.5. The van der Waals surface area contributed by atoms with Gasteiger partial charge in [-0.1, -0.05) is 0 Å². The maximum absolute atomic E-state index is 11.4. The van der Waals surface area contributed by atoms with Gasteiger partial charge in [0, 0.05) is 19.8 Å². The summed E-state index contributed by atoms with van der Waals surface area (Å²) in [7, 11) is 0. The highest BCUT2D eigenvalue weighted by atomic mass is 79.9. The average molecular weight is 303 g/mol. The van der Waals surface area contributed by atoms with Gasteiger partial charge in [-0.05, 0) is 28.8 Å². The smallest absolute Gasteiger partial charge is 0.267 e. The van der Waals surface area contributed by atoms with Gasteiger partial charge in [-0.3, -0.25) is 4.79 Å². The molecule has 0 amide bonds. The molecule has 0 aromatic carbocycles. The minimum Gasteiger partial charge on any atom is -0.381 e. The topological polar surface area (TPSA) is 93.0 Å².